The molecular weight excluding hydrogens is 476 g/mol. The lowest BCUT2D eigenvalue weighted by atomic mass is 9.88. The number of aromatic nitrogens is 1. The van der Waals surface area contributed by atoms with Crippen molar-refractivity contribution in [1.29, 1.82) is 0 Å². The Bertz CT molecular complexity index is 1560. The first-order chi connectivity index (χ1) is 18.5. The van der Waals surface area contributed by atoms with Crippen LogP contribution in [-0.4, -0.2) is 40.3 Å². The van der Waals surface area contributed by atoms with Crippen LogP contribution in [-0.2, 0) is 11.2 Å². The van der Waals surface area contributed by atoms with E-state index in [-0.39, 0.29) is 11.8 Å². The van der Waals surface area contributed by atoms with Crippen molar-refractivity contribution < 1.29 is 14.4 Å². The van der Waals surface area contributed by atoms with Crippen LogP contribution in [0.3, 0.4) is 0 Å². The zero-order valence-corrected chi connectivity index (χ0v) is 21.5. The van der Waals surface area contributed by atoms with Gasteiger partial charge in [0, 0.05) is 29.6 Å². The Labute approximate surface area is 221 Å². The molecule has 2 atom stereocenters. The Morgan fingerprint density at radius 3 is 2.53 bits per heavy atom. The normalized spacial score (nSPS) is 18.6. The summed E-state index contributed by atoms with van der Waals surface area (Å²) in [7, 11) is 0. The molecule has 1 fully saturated rings. The molecule has 7 nitrogen and oxygen atoms in total. The zero-order valence-electron chi connectivity index (χ0n) is 21.5. The summed E-state index contributed by atoms with van der Waals surface area (Å²) in [6.45, 7) is 4.62. The Morgan fingerprint density at radius 2 is 1.74 bits per heavy atom. The van der Waals surface area contributed by atoms with Crippen LogP contribution >= 0.6 is 0 Å². The summed E-state index contributed by atoms with van der Waals surface area (Å²) in [5, 5.41) is 3.98. The van der Waals surface area contributed by atoms with Gasteiger partial charge in [0.2, 0.25) is 0 Å². The molecule has 1 aromatic heterocycles. The third-order valence-electron chi connectivity index (χ3n) is 7.65. The molecule has 1 saturated heterocycles. The van der Waals surface area contributed by atoms with Gasteiger partial charge in [0.1, 0.15) is 12.1 Å². The standard InChI is InChI=1S/C31H30N4O3/c1-3-4-17-32-29(36)22-10-6-8-12-25(22)35-30(37)26-18-23-21-9-5-7-11-24(21)33-27(23)28(34(26)31(35)38)20-15-13-19(2)14-16-20/h5-16,26,28,33H,3-4,17-18H2,1-2H3,(H,32,36)/t26-,28-/m0/s1. The number of nitrogens with one attached hydrogen (secondary N) is 2. The molecule has 0 aliphatic carbocycles. The third kappa shape index (κ3) is 3.77. The van der Waals surface area contributed by atoms with E-state index in [1.807, 2.05) is 49.4 Å². The predicted molar refractivity (Wildman–Crippen MR) is 147 cm³/mol. The first-order valence-corrected chi connectivity index (χ1v) is 13.2. The molecule has 3 heterocycles. The molecule has 2 aliphatic heterocycles. The van der Waals surface area contributed by atoms with Crippen LogP contribution in [0.5, 0.6) is 0 Å². The first-order valence-electron chi connectivity index (χ1n) is 13.2. The van der Waals surface area contributed by atoms with E-state index in [0.29, 0.717) is 24.2 Å². The molecule has 0 unspecified atom stereocenters. The van der Waals surface area contributed by atoms with Crippen molar-refractivity contribution in [2.24, 2.45) is 0 Å². The first kappa shape index (κ1) is 24.0. The molecule has 2 aliphatic rings. The van der Waals surface area contributed by atoms with Gasteiger partial charge in [-0.15, -0.1) is 0 Å². The molecule has 4 aromatic rings. The van der Waals surface area contributed by atoms with Crippen molar-refractivity contribution in [2.45, 2.75) is 45.2 Å². The molecule has 0 saturated carbocycles. The molecule has 7 heteroatoms. The van der Waals surface area contributed by atoms with Crippen molar-refractivity contribution >= 4 is 34.4 Å². The van der Waals surface area contributed by atoms with Gasteiger partial charge in [-0.25, -0.2) is 9.69 Å². The van der Waals surface area contributed by atoms with Crippen LogP contribution in [0.15, 0.2) is 72.8 Å². The number of unbranched alkanes of at least 4 members (excludes halogenated alkanes) is 1. The molecule has 0 radical (unpaired) electrons. The highest BCUT2D eigenvalue weighted by Gasteiger charge is 2.53. The number of imide groups is 1. The summed E-state index contributed by atoms with van der Waals surface area (Å²) in [6, 6.07) is 21.5. The van der Waals surface area contributed by atoms with Crippen molar-refractivity contribution in [1.82, 2.24) is 15.2 Å². The average Bonchev–Trinajstić information content (AvgIpc) is 3.42. The van der Waals surface area contributed by atoms with E-state index < -0.39 is 18.1 Å². The lowest BCUT2D eigenvalue weighted by Gasteiger charge is -2.36. The van der Waals surface area contributed by atoms with E-state index in [9.17, 15) is 14.4 Å². The highest BCUT2D eigenvalue weighted by Crippen LogP contribution is 2.45. The highest BCUT2D eigenvalue weighted by atomic mass is 16.2. The second-order valence-corrected chi connectivity index (χ2v) is 10.1. The lowest BCUT2D eigenvalue weighted by Crippen LogP contribution is -2.44. The number of benzene rings is 3. The fraction of sp³-hybridized carbons (Fsp3) is 0.258. The van der Waals surface area contributed by atoms with Crippen LogP contribution in [0.1, 0.15) is 58.5 Å². The summed E-state index contributed by atoms with van der Waals surface area (Å²) in [4.78, 5) is 47.6. The van der Waals surface area contributed by atoms with Crippen molar-refractivity contribution in [3.8, 4) is 0 Å². The van der Waals surface area contributed by atoms with E-state index in [2.05, 4.69) is 23.3 Å². The van der Waals surface area contributed by atoms with Gasteiger partial charge >= 0.3 is 6.03 Å². The predicted octanol–water partition coefficient (Wildman–Crippen LogP) is 5.49. The van der Waals surface area contributed by atoms with Gasteiger partial charge < -0.3 is 10.3 Å². The maximum Gasteiger partial charge on any atom is 0.332 e. The number of urea groups is 1. The molecule has 6 rings (SSSR count). The van der Waals surface area contributed by atoms with Crippen LogP contribution in [0.2, 0.25) is 0 Å². The largest absolute Gasteiger partial charge is 0.356 e. The number of nitrogens with zero attached hydrogens (tertiary/aromatic N) is 2. The van der Waals surface area contributed by atoms with Crippen LogP contribution in [0.4, 0.5) is 10.5 Å². The van der Waals surface area contributed by atoms with Crippen molar-refractivity contribution in [3.05, 3.63) is 101 Å². The second kappa shape index (κ2) is 9.49. The van der Waals surface area contributed by atoms with E-state index >= 15 is 0 Å². The minimum Gasteiger partial charge on any atom is -0.356 e. The summed E-state index contributed by atoms with van der Waals surface area (Å²) in [5.74, 6) is -0.595. The van der Waals surface area contributed by atoms with Gasteiger partial charge in [0.15, 0.2) is 0 Å². The quantitative estimate of drug-likeness (QED) is 0.268. The van der Waals surface area contributed by atoms with Crippen molar-refractivity contribution in [3.63, 3.8) is 0 Å². The number of hydrogen-bond donors (Lipinski definition) is 2. The number of hydrogen-bond acceptors (Lipinski definition) is 3. The number of amides is 4. The van der Waals surface area contributed by atoms with Crippen LogP contribution < -0.4 is 10.2 Å². The minimum absolute atomic E-state index is 0.286. The smallest absolute Gasteiger partial charge is 0.332 e. The number of anilines is 1. The number of H-pyrrole nitrogens is 1. The maximum absolute atomic E-state index is 14.1. The SMILES string of the molecule is CCCCNC(=O)c1ccccc1N1C(=O)[C@@H]2Cc3c([nH]c4ccccc34)[C@H](c3ccc(C)cc3)N2C1=O. The number of carbonyl (C=O) groups excluding carboxylic acids is 3. The molecule has 0 bridgehead atoms. The van der Waals surface area contributed by atoms with E-state index in [0.717, 1.165) is 46.1 Å². The number of carbonyl (C=O) groups is 3. The van der Waals surface area contributed by atoms with Gasteiger partial charge in [-0.2, -0.15) is 0 Å². The highest BCUT2D eigenvalue weighted by molar-refractivity contribution is 6.24. The summed E-state index contributed by atoms with van der Waals surface area (Å²) in [6.07, 6.45) is 2.22. The Balaban J connectivity index is 1.45. The molecule has 38 heavy (non-hydrogen) atoms. The van der Waals surface area contributed by atoms with Gasteiger partial charge in [-0.3, -0.25) is 14.5 Å². The van der Waals surface area contributed by atoms with Gasteiger partial charge in [-0.1, -0.05) is 73.5 Å². The molecule has 192 valence electrons. The number of aryl methyl sites for hydroxylation is 1. The summed E-state index contributed by atoms with van der Waals surface area (Å²) < 4.78 is 0. The molecule has 3 aromatic carbocycles. The van der Waals surface area contributed by atoms with Crippen LogP contribution in [0.25, 0.3) is 10.9 Å². The lowest BCUT2D eigenvalue weighted by molar-refractivity contribution is -0.120. The fourth-order valence-corrected chi connectivity index (χ4v) is 5.73. The number of fused-ring (bicyclic) bond motifs is 4. The number of aromatic amines is 1. The van der Waals surface area contributed by atoms with E-state index in [1.54, 1.807) is 29.2 Å². The van der Waals surface area contributed by atoms with E-state index in [1.165, 1.54) is 4.90 Å². The molecule has 4 amide bonds. The van der Waals surface area contributed by atoms with Gasteiger partial charge in [0.25, 0.3) is 11.8 Å². The molecule has 2 N–H and O–H groups in total. The zero-order chi connectivity index (χ0) is 26.4. The van der Waals surface area contributed by atoms with Crippen molar-refractivity contribution in [2.75, 3.05) is 11.4 Å². The van der Waals surface area contributed by atoms with Crippen LogP contribution in [0, 0.1) is 6.92 Å². The fourth-order valence-electron chi connectivity index (χ4n) is 5.73. The molecular formula is C31H30N4O3. The minimum atomic E-state index is -0.670. The Kier molecular flexibility index (Phi) is 5.98. The summed E-state index contributed by atoms with van der Waals surface area (Å²) >= 11 is 0. The average molecular weight is 507 g/mol. The summed E-state index contributed by atoms with van der Waals surface area (Å²) in [5.41, 5.74) is 5.67. The second-order valence-electron chi connectivity index (χ2n) is 10.1. The maximum atomic E-state index is 14.1. The van der Waals surface area contributed by atoms with Gasteiger partial charge in [0.05, 0.1) is 11.3 Å². The number of rotatable bonds is 6. The van der Waals surface area contributed by atoms with Gasteiger partial charge in [-0.05, 0) is 42.7 Å². The Hall–Kier alpha value is -4.39. The molecule has 0 spiro atoms. The Morgan fingerprint density at radius 1 is 1.00 bits per heavy atom. The van der Waals surface area contributed by atoms with E-state index in [4.69, 9.17) is 0 Å². The third-order valence-corrected chi connectivity index (χ3v) is 7.65. The number of para-hydroxylation sites is 2. The topological polar surface area (TPSA) is 85.5 Å². The monoisotopic (exact) mass is 506 g/mol.